The van der Waals surface area contributed by atoms with Crippen LogP contribution in [0, 0.1) is 0 Å². The average molecular weight is 518 g/mol. The molecule has 3 heteroatoms. The first-order chi connectivity index (χ1) is 14.6. The van der Waals surface area contributed by atoms with E-state index in [0.717, 1.165) is 24.6 Å². The van der Waals surface area contributed by atoms with Crippen molar-refractivity contribution < 1.29 is 4.42 Å². The first-order valence-electron chi connectivity index (χ1n) is 12.9. The first kappa shape index (κ1) is 24.2. The molecule has 168 valence electrons. The van der Waals surface area contributed by atoms with Crippen molar-refractivity contribution in [2.75, 3.05) is 13.1 Å². The van der Waals surface area contributed by atoms with Crippen LogP contribution in [0.3, 0.4) is 0 Å². The molecule has 0 amide bonds. The fraction of sp³-hybridized carbons (Fsp3) is 0.704. The van der Waals surface area contributed by atoms with Gasteiger partial charge in [-0.1, -0.05) is 0 Å². The van der Waals surface area contributed by atoms with Gasteiger partial charge >= 0.3 is 190 Å². The molecule has 1 saturated heterocycles. The number of hydrogen-bond donors (Lipinski definition) is 0. The molecule has 1 aromatic carbocycles. The maximum atomic E-state index is 6.27. The van der Waals surface area contributed by atoms with Crippen LogP contribution >= 0.6 is 0 Å². The molecule has 1 atom stereocenters. The van der Waals surface area contributed by atoms with E-state index in [4.69, 9.17) is 4.42 Å². The summed E-state index contributed by atoms with van der Waals surface area (Å²) in [5.74, 6) is 1.18. The van der Waals surface area contributed by atoms with Crippen LogP contribution in [0.25, 0.3) is 11.0 Å². The van der Waals surface area contributed by atoms with Crippen molar-refractivity contribution in [3.63, 3.8) is 0 Å². The van der Waals surface area contributed by atoms with Gasteiger partial charge in [-0.15, -0.1) is 0 Å². The molecule has 2 nitrogen and oxygen atoms in total. The van der Waals surface area contributed by atoms with Crippen LogP contribution in [-0.2, 0) is 6.42 Å². The third-order valence-electron chi connectivity index (χ3n) is 7.54. The Kier molecular flexibility index (Phi) is 9.62. The van der Waals surface area contributed by atoms with Gasteiger partial charge in [-0.25, -0.2) is 0 Å². The van der Waals surface area contributed by atoms with Gasteiger partial charge < -0.3 is 0 Å². The van der Waals surface area contributed by atoms with Gasteiger partial charge in [0.05, 0.1) is 0 Å². The summed E-state index contributed by atoms with van der Waals surface area (Å²) in [6.45, 7) is 11.9. The Hall–Kier alpha value is -0.481. The zero-order chi connectivity index (χ0) is 21.4. The zero-order valence-electron chi connectivity index (χ0n) is 20.1. The Bertz CT molecular complexity index is 746. The van der Waals surface area contributed by atoms with Crippen molar-refractivity contribution >= 4 is 32.9 Å². The molecule has 3 rings (SSSR count). The fourth-order valence-electron chi connectivity index (χ4n) is 5.48. The summed E-state index contributed by atoms with van der Waals surface area (Å²) < 4.78 is 12.6. The quantitative estimate of drug-likeness (QED) is 0.255. The number of fused-ring (bicyclic) bond motifs is 1. The third kappa shape index (κ3) is 6.06. The van der Waals surface area contributed by atoms with Crippen LogP contribution in [0.1, 0.15) is 84.8 Å². The molecule has 2 heterocycles. The van der Waals surface area contributed by atoms with Crippen LogP contribution in [-0.4, -0.2) is 42.4 Å². The summed E-state index contributed by atoms with van der Waals surface area (Å²) >= 11 is -2.36. The number of unbranched alkanes of at least 4 members (excludes halogenated alkanes) is 3. The standard InChI is InChI=1S/C15H18NO.3C4H9.Sn/c1-12-5-4-9-16(12)10-8-14-11-13-6-2-3-7-15(13)17-14;3*1-3-4-2;/h3,6-7,11-12H,4-5,8-10H2,1H3;3*1,3-4H2,2H3;/t12-;;;;/m1..../s1. The number of hydrogen-bond acceptors (Lipinski definition) is 2. The summed E-state index contributed by atoms with van der Waals surface area (Å²) in [7, 11) is 0. The summed E-state index contributed by atoms with van der Waals surface area (Å²) in [6.07, 6.45) is 12.0. The van der Waals surface area contributed by atoms with E-state index in [2.05, 4.69) is 56.9 Å². The molecular weight excluding hydrogens is 473 g/mol. The molecule has 1 aliphatic rings. The molecule has 0 unspecified atom stereocenters. The minimum absolute atomic E-state index is 0.742. The number of likely N-dealkylation sites (tertiary alicyclic amines) is 1. The normalized spacial score (nSPS) is 17.9. The fourth-order valence-corrected chi connectivity index (χ4v) is 21.5. The maximum absolute atomic E-state index is 6.27. The van der Waals surface area contributed by atoms with E-state index in [1.54, 1.807) is 3.58 Å². The Labute approximate surface area is 189 Å². The second-order valence-electron chi connectivity index (χ2n) is 9.83. The van der Waals surface area contributed by atoms with Crippen LogP contribution < -0.4 is 3.58 Å². The van der Waals surface area contributed by atoms with Crippen LogP contribution in [0.2, 0.25) is 13.3 Å². The Morgan fingerprint density at radius 2 is 1.63 bits per heavy atom. The number of rotatable bonds is 13. The van der Waals surface area contributed by atoms with Gasteiger partial charge in [-0.05, 0) is 0 Å². The van der Waals surface area contributed by atoms with Gasteiger partial charge in [0.15, 0.2) is 0 Å². The average Bonchev–Trinajstić information content (AvgIpc) is 3.36. The van der Waals surface area contributed by atoms with Gasteiger partial charge in [0.2, 0.25) is 0 Å². The van der Waals surface area contributed by atoms with Gasteiger partial charge in [0.1, 0.15) is 0 Å². The SMILES string of the molecule is CCC[CH2][Sn]([CH2]CCC)([CH2]CCC)[c]1ccc2oc(CCN3CCC[C@H]3C)cc2c1. The predicted octanol–water partition coefficient (Wildman–Crippen LogP) is 7.52. The Morgan fingerprint density at radius 1 is 0.967 bits per heavy atom. The number of nitrogens with zero attached hydrogens (tertiary/aromatic N) is 1. The number of furan rings is 1. The molecule has 0 saturated carbocycles. The molecule has 2 aromatic rings. The monoisotopic (exact) mass is 519 g/mol. The van der Waals surface area contributed by atoms with E-state index in [0.29, 0.717) is 0 Å². The van der Waals surface area contributed by atoms with Crippen molar-refractivity contribution in [3.8, 4) is 0 Å². The van der Waals surface area contributed by atoms with E-state index in [1.807, 2.05) is 0 Å². The summed E-state index contributed by atoms with van der Waals surface area (Å²) in [4.78, 5) is 2.63. The number of benzene rings is 1. The minimum atomic E-state index is -2.36. The molecule has 0 radical (unpaired) electrons. The zero-order valence-corrected chi connectivity index (χ0v) is 23.0. The van der Waals surface area contributed by atoms with E-state index < -0.39 is 18.4 Å². The summed E-state index contributed by atoms with van der Waals surface area (Å²) in [5, 5.41) is 1.36. The molecule has 30 heavy (non-hydrogen) atoms. The van der Waals surface area contributed by atoms with E-state index in [-0.39, 0.29) is 0 Å². The van der Waals surface area contributed by atoms with E-state index in [1.165, 1.54) is 82.4 Å². The summed E-state index contributed by atoms with van der Waals surface area (Å²) in [5.41, 5.74) is 1.10. The summed E-state index contributed by atoms with van der Waals surface area (Å²) in [6, 6.07) is 10.5. The molecule has 1 aliphatic heterocycles. The Morgan fingerprint density at radius 3 is 2.20 bits per heavy atom. The second kappa shape index (κ2) is 11.9. The molecular formula is C27H45NOSn. The Balaban J connectivity index is 1.81. The van der Waals surface area contributed by atoms with Crippen LogP contribution in [0.4, 0.5) is 0 Å². The van der Waals surface area contributed by atoms with Crippen molar-refractivity contribution in [3.05, 3.63) is 30.0 Å². The molecule has 1 aromatic heterocycles. The van der Waals surface area contributed by atoms with E-state index >= 15 is 0 Å². The predicted molar refractivity (Wildman–Crippen MR) is 135 cm³/mol. The molecule has 0 N–H and O–H groups in total. The molecule has 0 bridgehead atoms. The molecule has 1 fully saturated rings. The van der Waals surface area contributed by atoms with Crippen LogP contribution in [0.15, 0.2) is 28.7 Å². The second-order valence-corrected chi connectivity index (χ2v) is 23.1. The van der Waals surface area contributed by atoms with Crippen molar-refractivity contribution in [2.24, 2.45) is 0 Å². The van der Waals surface area contributed by atoms with Crippen molar-refractivity contribution in [1.82, 2.24) is 4.90 Å². The van der Waals surface area contributed by atoms with E-state index in [9.17, 15) is 0 Å². The molecule has 0 spiro atoms. The molecule has 0 aliphatic carbocycles. The van der Waals surface area contributed by atoms with Crippen molar-refractivity contribution in [2.45, 2.75) is 105 Å². The van der Waals surface area contributed by atoms with Gasteiger partial charge in [0, 0.05) is 0 Å². The topological polar surface area (TPSA) is 16.4 Å². The van der Waals surface area contributed by atoms with Gasteiger partial charge in [0.25, 0.3) is 0 Å². The first-order valence-corrected chi connectivity index (χ1v) is 20.4. The third-order valence-corrected chi connectivity index (χ3v) is 23.1. The van der Waals surface area contributed by atoms with Crippen molar-refractivity contribution in [1.29, 1.82) is 0 Å². The van der Waals surface area contributed by atoms with Gasteiger partial charge in [-0.2, -0.15) is 0 Å². The van der Waals surface area contributed by atoms with Crippen LogP contribution in [0.5, 0.6) is 0 Å². The van der Waals surface area contributed by atoms with Gasteiger partial charge in [-0.3, -0.25) is 0 Å².